The Bertz CT molecular complexity index is 566. The van der Waals surface area contributed by atoms with Gasteiger partial charge in [0, 0.05) is 25.3 Å². The maximum atomic E-state index is 11.6. The lowest BCUT2D eigenvalue weighted by Gasteiger charge is -2.11. The van der Waals surface area contributed by atoms with Gasteiger partial charge in [-0.25, -0.2) is 8.42 Å². The molecule has 0 spiro atoms. The van der Waals surface area contributed by atoms with Crippen molar-refractivity contribution in [2.45, 2.75) is 23.8 Å². The second-order valence-electron chi connectivity index (χ2n) is 4.18. The number of amides is 1. The first kappa shape index (κ1) is 13.1. The van der Waals surface area contributed by atoms with Crippen LogP contribution in [0.5, 0.6) is 0 Å². The van der Waals surface area contributed by atoms with Crippen molar-refractivity contribution >= 4 is 38.1 Å². The summed E-state index contributed by atoms with van der Waals surface area (Å²) >= 11 is 1.01. The van der Waals surface area contributed by atoms with Gasteiger partial charge in [-0.15, -0.1) is 0 Å². The lowest BCUT2D eigenvalue weighted by Crippen LogP contribution is -2.31. The van der Waals surface area contributed by atoms with Crippen molar-refractivity contribution in [1.82, 2.24) is 9.69 Å². The fraction of sp³-hybridized carbons (Fsp3) is 0.556. The highest BCUT2D eigenvalue weighted by Gasteiger charge is 2.24. The maximum absolute atomic E-state index is 11.6. The van der Waals surface area contributed by atoms with E-state index in [2.05, 4.69) is 15.0 Å². The van der Waals surface area contributed by atoms with Gasteiger partial charge in [-0.3, -0.25) is 4.79 Å². The van der Waals surface area contributed by atoms with E-state index in [1.54, 1.807) is 0 Å². The molecule has 4 N–H and O–H groups in total. The third-order valence-corrected chi connectivity index (χ3v) is 4.74. The van der Waals surface area contributed by atoms with Gasteiger partial charge in [-0.2, -0.15) is 4.37 Å². The second kappa shape index (κ2) is 4.73. The van der Waals surface area contributed by atoms with Crippen molar-refractivity contribution in [3.8, 4) is 0 Å². The topological polar surface area (TPSA) is 114 Å². The van der Waals surface area contributed by atoms with Gasteiger partial charge < -0.3 is 16.4 Å². The molecule has 2 rings (SSSR count). The summed E-state index contributed by atoms with van der Waals surface area (Å²) < 4.78 is 27.0. The average Bonchev–Trinajstić information content (AvgIpc) is 2.81. The van der Waals surface area contributed by atoms with Crippen molar-refractivity contribution in [2.24, 2.45) is 0 Å². The third-order valence-electron chi connectivity index (χ3n) is 2.64. The molecule has 1 aliphatic heterocycles. The number of hydrogen-bond donors (Lipinski definition) is 3. The number of nitrogen functional groups attached to an aromatic ring is 1. The molecule has 9 heteroatoms. The van der Waals surface area contributed by atoms with Gasteiger partial charge in [0.15, 0.2) is 15.7 Å². The summed E-state index contributed by atoms with van der Waals surface area (Å²) in [7, 11) is -3.40. The number of aromatic nitrogens is 1. The number of carbonyl (C=O) groups excluding carboxylic acids is 1. The largest absolute Gasteiger partial charge is 0.382 e. The molecule has 1 atom stereocenters. The number of nitrogens with zero attached hydrogens (tertiary/aromatic N) is 1. The van der Waals surface area contributed by atoms with Gasteiger partial charge in [-0.1, -0.05) is 0 Å². The Labute approximate surface area is 109 Å². The molecule has 18 heavy (non-hydrogen) atoms. The fourth-order valence-electron chi connectivity index (χ4n) is 1.81. The smallest absolute Gasteiger partial charge is 0.220 e. The van der Waals surface area contributed by atoms with Crippen LogP contribution in [-0.2, 0) is 14.6 Å². The van der Waals surface area contributed by atoms with Crippen LogP contribution in [-0.4, -0.2) is 37.5 Å². The molecule has 1 aromatic rings. The zero-order valence-corrected chi connectivity index (χ0v) is 11.4. The number of sulfone groups is 1. The number of nitrogens with one attached hydrogen (secondary N) is 2. The van der Waals surface area contributed by atoms with Gasteiger partial charge in [-0.05, 0) is 18.0 Å². The zero-order chi connectivity index (χ0) is 13.3. The van der Waals surface area contributed by atoms with Crippen LogP contribution in [0.3, 0.4) is 0 Å². The molecule has 1 aromatic heterocycles. The monoisotopic (exact) mass is 290 g/mol. The third kappa shape index (κ3) is 2.72. The summed E-state index contributed by atoms with van der Waals surface area (Å²) in [6.07, 6.45) is 2.35. The molecule has 0 bridgehead atoms. The molecule has 1 unspecified atom stereocenters. The maximum Gasteiger partial charge on any atom is 0.220 e. The Morgan fingerprint density at radius 3 is 2.89 bits per heavy atom. The van der Waals surface area contributed by atoms with Crippen LogP contribution in [0.25, 0.3) is 0 Å². The quantitative estimate of drug-likeness (QED) is 0.708. The Kier molecular flexibility index (Phi) is 3.44. The van der Waals surface area contributed by atoms with Crippen molar-refractivity contribution in [3.63, 3.8) is 0 Å². The van der Waals surface area contributed by atoms with Crippen LogP contribution in [0.15, 0.2) is 4.90 Å². The van der Waals surface area contributed by atoms with Crippen LogP contribution in [0, 0.1) is 0 Å². The molecular formula is C9H14N4O3S2. The van der Waals surface area contributed by atoms with E-state index in [4.69, 9.17) is 5.73 Å². The van der Waals surface area contributed by atoms with E-state index in [1.165, 1.54) is 0 Å². The zero-order valence-electron chi connectivity index (χ0n) is 9.76. The highest BCUT2D eigenvalue weighted by molar-refractivity contribution is 7.91. The van der Waals surface area contributed by atoms with Crippen molar-refractivity contribution in [2.75, 3.05) is 23.9 Å². The summed E-state index contributed by atoms with van der Waals surface area (Å²) in [5.41, 5.74) is 5.54. The van der Waals surface area contributed by atoms with Crippen LogP contribution >= 0.6 is 11.5 Å². The van der Waals surface area contributed by atoms with E-state index in [0.717, 1.165) is 24.2 Å². The van der Waals surface area contributed by atoms with E-state index in [1.807, 2.05) is 0 Å². The summed E-state index contributed by atoms with van der Waals surface area (Å²) in [5.74, 6) is 0.0365. The van der Waals surface area contributed by atoms with Gasteiger partial charge in [0.2, 0.25) is 5.91 Å². The molecule has 1 fully saturated rings. The molecule has 1 amide bonds. The molecule has 0 saturated carbocycles. The number of nitrogens with two attached hydrogens (primary N) is 1. The average molecular weight is 290 g/mol. The number of anilines is 2. The Morgan fingerprint density at radius 2 is 2.33 bits per heavy atom. The summed E-state index contributed by atoms with van der Waals surface area (Å²) in [5, 5.41) is 6.20. The molecule has 0 aliphatic carbocycles. The minimum absolute atomic E-state index is 0.0143. The van der Waals surface area contributed by atoms with Crippen LogP contribution in [0.4, 0.5) is 10.8 Å². The summed E-state index contributed by atoms with van der Waals surface area (Å²) in [6, 6.07) is 0.0215. The molecule has 1 aliphatic rings. The van der Waals surface area contributed by atoms with Gasteiger partial charge in [0.05, 0.1) is 0 Å². The van der Waals surface area contributed by atoms with Crippen molar-refractivity contribution in [1.29, 1.82) is 0 Å². The first-order valence-electron chi connectivity index (χ1n) is 5.36. The van der Waals surface area contributed by atoms with Crippen molar-refractivity contribution < 1.29 is 13.2 Å². The molecular weight excluding hydrogens is 276 g/mol. The number of hydrogen-bond acceptors (Lipinski definition) is 7. The minimum Gasteiger partial charge on any atom is -0.382 e. The lowest BCUT2D eigenvalue weighted by molar-refractivity contribution is -0.119. The molecule has 0 radical (unpaired) electrons. The van der Waals surface area contributed by atoms with Crippen LogP contribution < -0.4 is 16.4 Å². The van der Waals surface area contributed by atoms with E-state index in [-0.39, 0.29) is 22.7 Å². The predicted molar refractivity (Wildman–Crippen MR) is 69.3 cm³/mol. The molecule has 0 aromatic carbocycles. The van der Waals surface area contributed by atoms with Crippen LogP contribution in [0.2, 0.25) is 0 Å². The summed E-state index contributed by atoms with van der Waals surface area (Å²) in [4.78, 5) is 11.1. The molecule has 100 valence electrons. The fourth-order valence-corrected chi connectivity index (χ4v) is 3.89. The van der Waals surface area contributed by atoms with E-state index >= 15 is 0 Å². The highest BCUT2D eigenvalue weighted by Crippen LogP contribution is 2.31. The minimum atomic E-state index is -3.40. The van der Waals surface area contributed by atoms with E-state index in [0.29, 0.717) is 18.0 Å². The Balaban J connectivity index is 2.08. The number of rotatable bonds is 4. The van der Waals surface area contributed by atoms with Crippen molar-refractivity contribution in [3.05, 3.63) is 0 Å². The number of carbonyl (C=O) groups is 1. The standard InChI is InChI=1S/C9H14N4O3S2/c1-18(15,16)7-8(10)13-17-9(7)11-4-5-2-3-6(14)12-5/h5,11H,2-4H2,1H3,(H2,10,13)(H,12,14). The van der Waals surface area contributed by atoms with Gasteiger partial charge in [0.1, 0.15) is 9.90 Å². The Morgan fingerprint density at radius 1 is 1.61 bits per heavy atom. The predicted octanol–water partition coefficient (Wildman–Crippen LogP) is -0.181. The molecule has 7 nitrogen and oxygen atoms in total. The van der Waals surface area contributed by atoms with Crippen LogP contribution in [0.1, 0.15) is 12.8 Å². The lowest BCUT2D eigenvalue weighted by atomic mass is 10.2. The first-order chi connectivity index (χ1) is 8.38. The van der Waals surface area contributed by atoms with E-state index in [9.17, 15) is 13.2 Å². The first-order valence-corrected chi connectivity index (χ1v) is 8.03. The van der Waals surface area contributed by atoms with E-state index < -0.39 is 9.84 Å². The Hall–Kier alpha value is -1.35. The normalized spacial score (nSPS) is 19.8. The van der Waals surface area contributed by atoms with Gasteiger partial charge >= 0.3 is 0 Å². The second-order valence-corrected chi connectivity index (χ2v) is 6.91. The molecule has 2 heterocycles. The highest BCUT2D eigenvalue weighted by atomic mass is 32.2. The SMILES string of the molecule is CS(=O)(=O)c1c(N)nsc1NCC1CCC(=O)N1. The summed E-state index contributed by atoms with van der Waals surface area (Å²) in [6.45, 7) is 0.468. The van der Waals surface area contributed by atoms with Gasteiger partial charge in [0.25, 0.3) is 0 Å². The molecule has 1 saturated heterocycles.